The van der Waals surface area contributed by atoms with E-state index in [1.165, 1.54) is 0 Å². The molecular weight excluding hydrogens is 222 g/mol. The molecule has 0 aliphatic rings. The third kappa shape index (κ3) is 2.10. The topological polar surface area (TPSA) is 54.7 Å². The fourth-order valence-electron chi connectivity index (χ4n) is 1.80. The highest BCUT2D eigenvalue weighted by atomic mass is 35.5. The monoisotopic (exact) mass is 235 g/mol. The van der Waals surface area contributed by atoms with Crippen LogP contribution in [-0.2, 0) is 6.42 Å². The Balaban J connectivity index is 2.45. The smallest absolute Gasteiger partial charge is 0.0715 e. The number of halogens is 1. The Morgan fingerprint density at radius 1 is 1.31 bits per heavy atom. The zero-order chi connectivity index (χ0) is 11.5. The van der Waals surface area contributed by atoms with Crippen molar-refractivity contribution in [3.8, 4) is 11.1 Å². The van der Waals surface area contributed by atoms with Gasteiger partial charge in [0.25, 0.3) is 0 Å². The molecule has 3 nitrogen and oxygen atoms in total. The van der Waals surface area contributed by atoms with Crippen LogP contribution in [0, 0.1) is 6.92 Å². The van der Waals surface area contributed by atoms with Crippen molar-refractivity contribution in [1.29, 1.82) is 0 Å². The van der Waals surface area contributed by atoms with E-state index in [0.717, 1.165) is 34.0 Å². The Morgan fingerprint density at radius 2 is 2.00 bits per heavy atom. The molecule has 0 radical (unpaired) electrons. The van der Waals surface area contributed by atoms with Crippen LogP contribution in [-0.4, -0.2) is 16.7 Å². The second-order valence-corrected chi connectivity index (χ2v) is 4.15. The molecule has 0 saturated carbocycles. The van der Waals surface area contributed by atoms with Gasteiger partial charge in [-0.1, -0.05) is 23.7 Å². The maximum Gasteiger partial charge on any atom is 0.0715 e. The van der Waals surface area contributed by atoms with Gasteiger partial charge >= 0.3 is 0 Å². The molecule has 84 valence electrons. The second kappa shape index (κ2) is 4.68. The van der Waals surface area contributed by atoms with Crippen molar-refractivity contribution in [3.63, 3.8) is 0 Å². The minimum Gasteiger partial charge on any atom is -0.330 e. The lowest BCUT2D eigenvalue weighted by Gasteiger charge is -2.03. The van der Waals surface area contributed by atoms with Crippen LogP contribution in [0.25, 0.3) is 11.1 Å². The standard InChI is InChI=1S/C12H14ClN3/c1-8-12(11(6-7-14)16-15-8)9-2-4-10(13)5-3-9/h2-5H,6-7,14H2,1H3,(H,15,16). The van der Waals surface area contributed by atoms with E-state index in [4.69, 9.17) is 17.3 Å². The van der Waals surface area contributed by atoms with E-state index >= 15 is 0 Å². The molecular formula is C12H14ClN3. The molecule has 2 aromatic rings. The molecule has 0 unspecified atom stereocenters. The van der Waals surface area contributed by atoms with E-state index < -0.39 is 0 Å². The summed E-state index contributed by atoms with van der Waals surface area (Å²) in [5.41, 5.74) is 9.91. The average molecular weight is 236 g/mol. The highest BCUT2D eigenvalue weighted by Gasteiger charge is 2.11. The normalized spacial score (nSPS) is 10.7. The van der Waals surface area contributed by atoms with Crippen LogP contribution in [0.4, 0.5) is 0 Å². The fourth-order valence-corrected chi connectivity index (χ4v) is 1.92. The fraction of sp³-hybridized carbons (Fsp3) is 0.250. The van der Waals surface area contributed by atoms with Gasteiger partial charge in [0, 0.05) is 22.7 Å². The number of nitrogens with one attached hydrogen (secondary N) is 1. The van der Waals surface area contributed by atoms with Gasteiger partial charge in [0.1, 0.15) is 0 Å². The van der Waals surface area contributed by atoms with Gasteiger partial charge in [0.2, 0.25) is 0 Å². The maximum atomic E-state index is 5.87. The number of hydrogen-bond acceptors (Lipinski definition) is 2. The molecule has 1 aromatic heterocycles. The first-order chi connectivity index (χ1) is 7.72. The third-order valence-corrected chi connectivity index (χ3v) is 2.79. The molecule has 0 saturated heterocycles. The zero-order valence-corrected chi connectivity index (χ0v) is 9.88. The number of aryl methyl sites for hydroxylation is 1. The highest BCUT2D eigenvalue weighted by Crippen LogP contribution is 2.27. The number of benzene rings is 1. The number of H-pyrrole nitrogens is 1. The lowest BCUT2D eigenvalue weighted by atomic mass is 10.0. The molecule has 1 heterocycles. The SMILES string of the molecule is Cc1[nH]nc(CCN)c1-c1ccc(Cl)cc1. The summed E-state index contributed by atoms with van der Waals surface area (Å²) in [5.74, 6) is 0. The van der Waals surface area contributed by atoms with E-state index in [-0.39, 0.29) is 0 Å². The number of rotatable bonds is 3. The molecule has 3 N–H and O–H groups in total. The molecule has 16 heavy (non-hydrogen) atoms. The van der Waals surface area contributed by atoms with Gasteiger partial charge in [-0.25, -0.2) is 0 Å². The van der Waals surface area contributed by atoms with E-state index in [1.54, 1.807) is 0 Å². The quantitative estimate of drug-likeness (QED) is 0.859. The predicted octanol–water partition coefficient (Wildman–Crippen LogP) is 2.54. The Morgan fingerprint density at radius 3 is 2.62 bits per heavy atom. The summed E-state index contributed by atoms with van der Waals surface area (Å²) in [6.07, 6.45) is 0.780. The van der Waals surface area contributed by atoms with Gasteiger partial charge < -0.3 is 5.73 Å². The highest BCUT2D eigenvalue weighted by molar-refractivity contribution is 6.30. The maximum absolute atomic E-state index is 5.87. The van der Waals surface area contributed by atoms with Crippen LogP contribution in [0.3, 0.4) is 0 Å². The van der Waals surface area contributed by atoms with Crippen LogP contribution in [0.5, 0.6) is 0 Å². The number of aromatic amines is 1. The van der Waals surface area contributed by atoms with Crippen LogP contribution in [0.15, 0.2) is 24.3 Å². The Labute approximate surface area is 99.6 Å². The average Bonchev–Trinajstić information content (AvgIpc) is 2.62. The van der Waals surface area contributed by atoms with E-state index in [0.29, 0.717) is 6.54 Å². The molecule has 0 atom stereocenters. The second-order valence-electron chi connectivity index (χ2n) is 3.72. The first-order valence-corrected chi connectivity index (χ1v) is 5.60. The zero-order valence-electron chi connectivity index (χ0n) is 9.13. The van der Waals surface area contributed by atoms with Crippen LogP contribution >= 0.6 is 11.6 Å². The summed E-state index contributed by atoms with van der Waals surface area (Å²) < 4.78 is 0. The summed E-state index contributed by atoms with van der Waals surface area (Å²) in [5, 5.41) is 8.00. The molecule has 0 bridgehead atoms. The first-order valence-electron chi connectivity index (χ1n) is 5.22. The molecule has 1 aromatic carbocycles. The predicted molar refractivity (Wildman–Crippen MR) is 66.5 cm³/mol. The van der Waals surface area contributed by atoms with Gasteiger partial charge in [0.05, 0.1) is 5.69 Å². The van der Waals surface area contributed by atoms with Crippen molar-refractivity contribution in [2.45, 2.75) is 13.3 Å². The summed E-state index contributed by atoms with van der Waals surface area (Å²) in [6.45, 7) is 2.61. The number of nitrogens with zero attached hydrogens (tertiary/aromatic N) is 1. The van der Waals surface area contributed by atoms with E-state index in [1.807, 2.05) is 31.2 Å². The van der Waals surface area contributed by atoms with Gasteiger partial charge in [-0.15, -0.1) is 0 Å². The Hall–Kier alpha value is -1.32. The number of nitrogens with two attached hydrogens (primary N) is 1. The largest absolute Gasteiger partial charge is 0.330 e. The van der Waals surface area contributed by atoms with Crippen molar-refractivity contribution in [1.82, 2.24) is 10.2 Å². The molecule has 0 fully saturated rings. The van der Waals surface area contributed by atoms with E-state index in [2.05, 4.69) is 10.2 Å². The third-order valence-electron chi connectivity index (χ3n) is 2.54. The summed E-state index contributed by atoms with van der Waals surface area (Å²) in [4.78, 5) is 0. The van der Waals surface area contributed by atoms with Crippen LogP contribution in [0.1, 0.15) is 11.4 Å². The van der Waals surface area contributed by atoms with Crippen molar-refractivity contribution in [3.05, 3.63) is 40.7 Å². The summed E-state index contributed by atoms with van der Waals surface area (Å²) in [7, 11) is 0. The molecule has 0 aliphatic heterocycles. The minimum absolute atomic E-state index is 0.602. The molecule has 0 aliphatic carbocycles. The molecule has 0 amide bonds. The van der Waals surface area contributed by atoms with Crippen molar-refractivity contribution in [2.24, 2.45) is 5.73 Å². The Kier molecular flexibility index (Phi) is 3.27. The molecule has 0 spiro atoms. The Bertz CT molecular complexity index is 474. The van der Waals surface area contributed by atoms with Gasteiger partial charge in [-0.05, 0) is 31.2 Å². The van der Waals surface area contributed by atoms with Gasteiger partial charge in [0.15, 0.2) is 0 Å². The van der Waals surface area contributed by atoms with Crippen molar-refractivity contribution < 1.29 is 0 Å². The lowest BCUT2D eigenvalue weighted by molar-refractivity contribution is 0.899. The molecule has 4 heteroatoms. The summed E-state index contributed by atoms with van der Waals surface area (Å²) >= 11 is 5.87. The van der Waals surface area contributed by atoms with Crippen molar-refractivity contribution >= 4 is 11.6 Å². The van der Waals surface area contributed by atoms with Crippen LogP contribution in [0.2, 0.25) is 5.02 Å². The van der Waals surface area contributed by atoms with Crippen LogP contribution < -0.4 is 5.73 Å². The number of hydrogen-bond donors (Lipinski definition) is 2. The molecule has 2 rings (SSSR count). The summed E-state index contributed by atoms with van der Waals surface area (Å²) in [6, 6.07) is 7.77. The van der Waals surface area contributed by atoms with Gasteiger partial charge in [-0.3, -0.25) is 5.10 Å². The van der Waals surface area contributed by atoms with Gasteiger partial charge in [-0.2, -0.15) is 5.10 Å². The lowest BCUT2D eigenvalue weighted by Crippen LogP contribution is -2.04. The number of aromatic nitrogens is 2. The van der Waals surface area contributed by atoms with E-state index in [9.17, 15) is 0 Å². The first kappa shape index (κ1) is 11.2. The minimum atomic E-state index is 0.602. The van der Waals surface area contributed by atoms with Crippen molar-refractivity contribution in [2.75, 3.05) is 6.54 Å².